The first-order chi connectivity index (χ1) is 4.91. The number of halogens is 1. The monoisotopic (exact) mass is 232 g/mol. The lowest BCUT2D eigenvalue weighted by atomic mass is 10.5. The molecule has 0 saturated carbocycles. The van der Waals surface area contributed by atoms with Crippen molar-refractivity contribution < 1.29 is 4.42 Å². The third-order valence-electron chi connectivity index (χ3n) is 1.49. The van der Waals surface area contributed by atoms with Crippen LogP contribution in [0.5, 0.6) is 0 Å². The molecule has 0 bridgehead atoms. The Bertz CT molecular complexity index is 260. The van der Waals surface area contributed by atoms with Crippen LogP contribution in [0.1, 0.15) is 5.76 Å². The summed E-state index contributed by atoms with van der Waals surface area (Å²) in [6, 6.07) is 2.04. The van der Waals surface area contributed by atoms with E-state index in [4.69, 9.17) is 4.42 Å². The number of aryl methyl sites for hydroxylation is 1. The quantitative estimate of drug-likeness (QED) is 0.680. The van der Waals surface area contributed by atoms with Crippen molar-refractivity contribution in [1.29, 1.82) is 0 Å². The van der Waals surface area contributed by atoms with Gasteiger partial charge >= 0.3 is 0 Å². The van der Waals surface area contributed by atoms with Crippen molar-refractivity contribution in [3.05, 3.63) is 16.3 Å². The lowest BCUT2D eigenvalue weighted by molar-refractivity contribution is 0.561. The molecule has 1 aromatic heterocycles. The van der Waals surface area contributed by atoms with Crippen molar-refractivity contribution in [3.63, 3.8) is 0 Å². The second-order valence-corrected chi connectivity index (χ2v) is 9.59. The molecule has 0 radical (unpaired) electrons. The summed E-state index contributed by atoms with van der Waals surface area (Å²) in [7, 11) is -1.27. The van der Waals surface area contributed by atoms with Crippen LogP contribution in [0.15, 0.2) is 15.0 Å². The molecule has 3 heteroatoms. The molecule has 1 rings (SSSR count). The van der Waals surface area contributed by atoms with Gasteiger partial charge in [-0.3, -0.25) is 0 Å². The molecular weight excluding hydrogens is 220 g/mol. The Labute approximate surface area is 76.9 Å². The van der Waals surface area contributed by atoms with E-state index in [2.05, 4.69) is 35.6 Å². The molecule has 0 amide bonds. The van der Waals surface area contributed by atoms with E-state index in [1.807, 2.05) is 13.0 Å². The minimum absolute atomic E-state index is 0.995. The molecule has 1 nitrogen and oxygen atoms in total. The zero-order valence-corrected chi connectivity index (χ0v) is 9.95. The maximum Gasteiger partial charge on any atom is 0.124 e. The number of furan rings is 1. The molecule has 0 atom stereocenters. The van der Waals surface area contributed by atoms with Gasteiger partial charge in [0.1, 0.15) is 13.8 Å². The SMILES string of the molecule is Cc1cc(Br)c([Si](C)(C)C)o1. The van der Waals surface area contributed by atoms with Gasteiger partial charge in [-0.25, -0.2) is 0 Å². The predicted molar refractivity (Wildman–Crippen MR) is 54.1 cm³/mol. The Morgan fingerprint density at radius 2 is 1.91 bits per heavy atom. The van der Waals surface area contributed by atoms with Crippen LogP contribution in [0.4, 0.5) is 0 Å². The molecule has 0 N–H and O–H groups in total. The summed E-state index contributed by atoms with van der Waals surface area (Å²) in [5.74, 6) is 0.995. The van der Waals surface area contributed by atoms with E-state index < -0.39 is 8.07 Å². The van der Waals surface area contributed by atoms with Crippen molar-refractivity contribution in [2.75, 3.05) is 0 Å². The molecule has 1 aromatic rings. The number of hydrogen-bond acceptors (Lipinski definition) is 1. The Kier molecular flexibility index (Phi) is 2.30. The average molecular weight is 233 g/mol. The van der Waals surface area contributed by atoms with Crippen LogP contribution in [0, 0.1) is 6.92 Å². The largest absolute Gasteiger partial charge is 0.470 e. The highest BCUT2D eigenvalue weighted by molar-refractivity contribution is 9.10. The van der Waals surface area contributed by atoms with Gasteiger partial charge in [0.05, 0.1) is 9.86 Å². The van der Waals surface area contributed by atoms with Gasteiger partial charge in [0.2, 0.25) is 0 Å². The highest BCUT2D eigenvalue weighted by Gasteiger charge is 2.23. The summed E-state index contributed by atoms with van der Waals surface area (Å²) in [5, 5.41) is 1.16. The van der Waals surface area contributed by atoms with Crippen molar-refractivity contribution in [2.45, 2.75) is 26.6 Å². The van der Waals surface area contributed by atoms with Gasteiger partial charge in [0.25, 0.3) is 0 Å². The third-order valence-corrected chi connectivity index (χ3v) is 4.18. The van der Waals surface area contributed by atoms with Crippen LogP contribution < -0.4 is 5.38 Å². The molecule has 62 valence electrons. The van der Waals surface area contributed by atoms with Crippen LogP contribution in [0.25, 0.3) is 0 Å². The van der Waals surface area contributed by atoms with E-state index in [0.29, 0.717) is 0 Å². The molecule has 11 heavy (non-hydrogen) atoms. The highest BCUT2D eigenvalue weighted by atomic mass is 79.9. The van der Waals surface area contributed by atoms with Crippen molar-refractivity contribution in [1.82, 2.24) is 0 Å². The molecule has 0 unspecified atom stereocenters. The van der Waals surface area contributed by atoms with Crippen molar-refractivity contribution in [2.24, 2.45) is 0 Å². The molecule has 1 heterocycles. The average Bonchev–Trinajstić information content (AvgIpc) is 2.08. The van der Waals surface area contributed by atoms with Crippen LogP contribution in [0.2, 0.25) is 19.6 Å². The van der Waals surface area contributed by atoms with Crippen LogP contribution in [0.3, 0.4) is 0 Å². The lowest BCUT2D eigenvalue weighted by Gasteiger charge is -2.12. The smallest absolute Gasteiger partial charge is 0.124 e. The fraction of sp³-hybridized carbons (Fsp3) is 0.500. The second kappa shape index (κ2) is 2.79. The molecular formula is C8H13BrOSi. The van der Waals surface area contributed by atoms with Gasteiger partial charge in [-0.2, -0.15) is 0 Å². The van der Waals surface area contributed by atoms with Gasteiger partial charge in [-0.1, -0.05) is 19.6 Å². The topological polar surface area (TPSA) is 13.1 Å². The van der Waals surface area contributed by atoms with Gasteiger partial charge in [0.15, 0.2) is 0 Å². The van der Waals surface area contributed by atoms with E-state index in [0.717, 1.165) is 15.6 Å². The number of rotatable bonds is 1. The zero-order valence-electron chi connectivity index (χ0n) is 7.36. The summed E-state index contributed by atoms with van der Waals surface area (Å²) in [4.78, 5) is 0. The maximum atomic E-state index is 5.59. The first kappa shape index (κ1) is 9.07. The summed E-state index contributed by atoms with van der Waals surface area (Å²) in [6.45, 7) is 8.80. The molecule has 0 aromatic carbocycles. The first-order valence-electron chi connectivity index (χ1n) is 3.67. The Balaban J connectivity index is 3.13. The maximum absolute atomic E-state index is 5.59. The number of hydrogen-bond donors (Lipinski definition) is 0. The van der Waals surface area contributed by atoms with Gasteiger partial charge in [-0.15, -0.1) is 0 Å². The Morgan fingerprint density at radius 3 is 2.09 bits per heavy atom. The third kappa shape index (κ3) is 1.96. The molecule has 0 spiro atoms. The second-order valence-electron chi connectivity index (χ2n) is 3.78. The Hall–Kier alpha value is -0.0231. The lowest BCUT2D eigenvalue weighted by Crippen LogP contribution is -2.37. The molecule has 0 fully saturated rings. The minimum atomic E-state index is -1.27. The van der Waals surface area contributed by atoms with E-state index in [9.17, 15) is 0 Å². The minimum Gasteiger partial charge on any atom is -0.470 e. The Morgan fingerprint density at radius 1 is 1.36 bits per heavy atom. The predicted octanol–water partition coefficient (Wildman–Crippen LogP) is 2.90. The highest BCUT2D eigenvalue weighted by Crippen LogP contribution is 2.16. The summed E-state index contributed by atoms with van der Waals surface area (Å²) < 4.78 is 6.73. The zero-order chi connectivity index (χ0) is 8.65. The standard InChI is InChI=1S/C8H13BrOSi/c1-6-5-7(9)8(10-6)11(2,3)4/h5H,1-4H3. The molecule has 0 aliphatic heterocycles. The van der Waals surface area contributed by atoms with Crippen molar-refractivity contribution >= 4 is 29.4 Å². The van der Waals surface area contributed by atoms with E-state index >= 15 is 0 Å². The van der Waals surface area contributed by atoms with Crippen molar-refractivity contribution in [3.8, 4) is 0 Å². The summed E-state index contributed by atoms with van der Waals surface area (Å²) >= 11 is 3.49. The van der Waals surface area contributed by atoms with Crippen LogP contribution in [-0.2, 0) is 0 Å². The van der Waals surface area contributed by atoms with Gasteiger partial charge < -0.3 is 4.42 Å². The summed E-state index contributed by atoms with van der Waals surface area (Å²) in [6.07, 6.45) is 0. The normalized spacial score (nSPS) is 12.1. The van der Waals surface area contributed by atoms with E-state index in [-0.39, 0.29) is 0 Å². The van der Waals surface area contributed by atoms with Gasteiger partial charge in [0, 0.05) is 0 Å². The molecule has 0 aliphatic rings. The van der Waals surface area contributed by atoms with Crippen LogP contribution >= 0.6 is 15.9 Å². The first-order valence-corrected chi connectivity index (χ1v) is 7.97. The summed E-state index contributed by atoms with van der Waals surface area (Å²) in [5.41, 5.74) is 0. The molecule has 0 aliphatic carbocycles. The van der Waals surface area contributed by atoms with Gasteiger partial charge in [-0.05, 0) is 28.9 Å². The molecule has 0 saturated heterocycles. The fourth-order valence-corrected chi connectivity index (χ4v) is 4.44. The van der Waals surface area contributed by atoms with E-state index in [1.54, 1.807) is 0 Å². The van der Waals surface area contributed by atoms with E-state index in [1.165, 1.54) is 0 Å². The fourth-order valence-electron chi connectivity index (χ4n) is 0.995. The van der Waals surface area contributed by atoms with Crippen LogP contribution in [-0.4, -0.2) is 8.07 Å².